The predicted molar refractivity (Wildman–Crippen MR) is 119 cm³/mol. The maximum atomic E-state index is 12.9. The lowest BCUT2D eigenvalue weighted by atomic mass is 10.1. The van der Waals surface area contributed by atoms with Gasteiger partial charge in [0, 0.05) is 17.3 Å². The molecule has 0 unspecified atom stereocenters. The zero-order chi connectivity index (χ0) is 21.2. The largest absolute Gasteiger partial charge is 0.454 e. The molecule has 6 nitrogen and oxygen atoms in total. The minimum Gasteiger partial charge on any atom is -0.454 e. The molecule has 2 amide bonds. The summed E-state index contributed by atoms with van der Waals surface area (Å²) in [4.78, 5) is 25.7. The summed E-state index contributed by atoms with van der Waals surface area (Å²) in [5, 5.41) is 7.73. The lowest BCUT2D eigenvalue weighted by molar-refractivity contribution is 0.102. The molecule has 0 radical (unpaired) electrons. The Morgan fingerprint density at radius 1 is 0.677 bits per heavy atom. The number of anilines is 2. The highest BCUT2D eigenvalue weighted by Gasteiger charge is 2.17. The molecule has 1 heterocycles. The van der Waals surface area contributed by atoms with Gasteiger partial charge in [0.25, 0.3) is 11.8 Å². The monoisotopic (exact) mass is 410 g/mol. The summed E-state index contributed by atoms with van der Waals surface area (Å²) < 4.78 is 10.6. The summed E-state index contributed by atoms with van der Waals surface area (Å²) in [7, 11) is 0. The lowest BCUT2D eigenvalue weighted by Crippen LogP contribution is -2.18. The maximum absolute atomic E-state index is 12.9. The van der Waals surface area contributed by atoms with Crippen LogP contribution in [0.15, 0.2) is 84.9 Å². The molecule has 31 heavy (non-hydrogen) atoms. The number of benzene rings is 4. The Morgan fingerprint density at radius 2 is 1.45 bits per heavy atom. The Hall–Kier alpha value is -4.32. The molecular weight excluding hydrogens is 392 g/mol. The fraction of sp³-hybridized carbons (Fsp3) is 0.0400. The second-order valence-electron chi connectivity index (χ2n) is 7.08. The first-order chi connectivity index (χ1) is 15.2. The molecule has 6 heteroatoms. The number of amides is 2. The molecule has 0 saturated carbocycles. The third-order valence-electron chi connectivity index (χ3n) is 5.06. The molecule has 0 atom stereocenters. The van der Waals surface area contributed by atoms with Crippen LogP contribution in [-0.2, 0) is 0 Å². The number of fused-ring (bicyclic) bond motifs is 2. The average molecular weight is 410 g/mol. The number of carbonyl (C=O) groups excluding carboxylic acids is 2. The Bertz CT molecular complexity index is 1320. The summed E-state index contributed by atoms with van der Waals surface area (Å²) in [5.74, 6) is 0.596. The molecule has 1 aliphatic rings. The van der Waals surface area contributed by atoms with E-state index in [0.29, 0.717) is 34.0 Å². The molecular formula is C25H18N2O4. The van der Waals surface area contributed by atoms with Crippen molar-refractivity contribution >= 4 is 34.0 Å². The molecule has 0 saturated heterocycles. The van der Waals surface area contributed by atoms with Crippen LogP contribution in [0, 0.1) is 0 Å². The van der Waals surface area contributed by atoms with Crippen LogP contribution in [0.25, 0.3) is 10.8 Å². The van der Waals surface area contributed by atoms with E-state index in [4.69, 9.17) is 9.47 Å². The number of carbonyl (C=O) groups is 2. The molecule has 152 valence electrons. The minimum atomic E-state index is -0.340. The topological polar surface area (TPSA) is 76.7 Å². The molecule has 2 N–H and O–H groups in total. The average Bonchev–Trinajstić information content (AvgIpc) is 3.27. The number of hydrogen-bond donors (Lipinski definition) is 2. The first kappa shape index (κ1) is 18.7. The van der Waals surface area contributed by atoms with Crippen molar-refractivity contribution in [1.82, 2.24) is 0 Å². The number of para-hydroxylation sites is 1. The van der Waals surface area contributed by atoms with E-state index in [1.54, 1.807) is 48.5 Å². The van der Waals surface area contributed by atoms with Crippen LogP contribution in [-0.4, -0.2) is 18.6 Å². The third-order valence-corrected chi connectivity index (χ3v) is 5.06. The van der Waals surface area contributed by atoms with Gasteiger partial charge in [0.05, 0.1) is 11.3 Å². The summed E-state index contributed by atoms with van der Waals surface area (Å²) in [6.07, 6.45) is 0. The first-order valence-corrected chi connectivity index (χ1v) is 9.77. The van der Waals surface area contributed by atoms with Gasteiger partial charge in [-0.25, -0.2) is 0 Å². The summed E-state index contributed by atoms with van der Waals surface area (Å²) in [6, 6.07) is 25.4. The van der Waals surface area contributed by atoms with E-state index in [1.807, 2.05) is 36.4 Å². The Labute approximate surface area is 178 Å². The van der Waals surface area contributed by atoms with Gasteiger partial charge in [0.2, 0.25) is 6.79 Å². The Balaban J connectivity index is 1.37. The van der Waals surface area contributed by atoms with Crippen LogP contribution in [0.4, 0.5) is 11.4 Å². The summed E-state index contributed by atoms with van der Waals surface area (Å²) >= 11 is 0. The molecule has 0 fully saturated rings. The highest BCUT2D eigenvalue weighted by atomic mass is 16.7. The second-order valence-corrected chi connectivity index (χ2v) is 7.08. The van der Waals surface area contributed by atoms with Crippen molar-refractivity contribution in [3.05, 3.63) is 96.1 Å². The van der Waals surface area contributed by atoms with E-state index < -0.39 is 0 Å². The smallest absolute Gasteiger partial charge is 0.257 e. The normalized spacial score (nSPS) is 11.9. The number of nitrogens with one attached hydrogen (secondary N) is 2. The molecule has 4 aromatic carbocycles. The molecule has 5 rings (SSSR count). The third kappa shape index (κ3) is 3.79. The van der Waals surface area contributed by atoms with Gasteiger partial charge in [-0.05, 0) is 47.2 Å². The van der Waals surface area contributed by atoms with Gasteiger partial charge in [0.15, 0.2) is 11.5 Å². The summed E-state index contributed by atoms with van der Waals surface area (Å²) in [6.45, 7) is 0.163. The molecule has 0 aromatic heterocycles. The van der Waals surface area contributed by atoms with Crippen LogP contribution >= 0.6 is 0 Å². The quantitative estimate of drug-likeness (QED) is 0.492. The number of hydrogen-bond acceptors (Lipinski definition) is 4. The maximum Gasteiger partial charge on any atom is 0.257 e. The van der Waals surface area contributed by atoms with Gasteiger partial charge < -0.3 is 20.1 Å². The van der Waals surface area contributed by atoms with Crippen molar-refractivity contribution in [3.8, 4) is 11.5 Å². The predicted octanol–water partition coefficient (Wildman–Crippen LogP) is 5.07. The lowest BCUT2D eigenvalue weighted by Gasteiger charge is -2.12. The van der Waals surface area contributed by atoms with Gasteiger partial charge >= 0.3 is 0 Å². The Kier molecular flexibility index (Phi) is 4.72. The minimum absolute atomic E-state index is 0.163. The first-order valence-electron chi connectivity index (χ1n) is 9.77. The fourth-order valence-corrected chi connectivity index (χ4v) is 3.49. The van der Waals surface area contributed by atoms with E-state index in [9.17, 15) is 9.59 Å². The zero-order valence-corrected chi connectivity index (χ0v) is 16.4. The fourth-order valence-electron chi connectivity index (χ4n) is 3.49. The van der Waals surface area contributed by atoms with Crippen molar-refractivity contribution in [2.75, 3.05) is 17.4 Å². The van der Waals surface area contributed by atoms with Crippen molar-refractivity contribution < 1.29 is 19.1 Å². The van der Waals surface area contributed by atoms with E-state index in [1.165, 1.54) is 0 Å². The summed E-state index contributed by atoms with van der Waals surface area (Å²) in [5.41, 5.74) is 1.88. The molecule has 1 aliphatic heterocycles. The number of ether oxygens (including phenoxy) is 2. The highest BCUT2D eigenvalue weighted by molar-refractivity contribution is 6.13. The van der Waals surface area contributed by atoms with E-state index in [2.05, 4.69) is 10.6 Å². The van der Waals surface area contributed by atoms with E-state index in [-0.39, 0.29) is 18.6 Å². The van der Waals surface area contributed by atoms with Crippen molar-refractivity contribution in [2.24, 2.45) is 0 Å². The van der Waals surface area contributed by atoms with Gasteiger partial charge in [0.1, 0.15) is 0 Å². The van der Waals surface area contributed by atoms with Gasteiger partial charge in [-0.1, -0.05) is 42.5 Å². The van der Waals surface area contributed by atoms with Crippen molar-refractivity contribution in [2.45, 2.75) is 0 Å². The van der Waals surface area contributed by atoms with Gasteiger partial charge in [-0.2, -0.15) is 0 Å². The van der Waals surface area contributed by atoms with Gasteiger partial charge in [-0.3, -0.25) is 9.59 Å². The highest BCUT2D eigenvalue weighted by Crippen LogP contribution is 2.34. The van der Waals surface area contributed by atoms with Crippen LogP contribution in [0.2, 0.25) is 0 Å². The molecule has 0 spiro atoms. The van der Waals surface area contributed by atoms with Crippen LogP contribution in [0.3, 0.4) is 0 Å². The second kappa shape index (κ2) is 7.84. The molecule has 4 aromatic rings. The molecule has 0 bridgehead atoms. The number of rotatable bonds is 4. The van der Waals surface area contributed by atoms with Gasteiger partial charge in [-0.15, -0.1) is 0 Å². The van der Waals surface area contributed by atoms with E-state index >= 15 is 0 Å². The van der Waals surface area contributed by atoms with Crippen molar-refractivity contribution in [1.29, 1.82) is 0 Å². The van der Waals surface area contributed by atoms with Crippen LogP contribution in [0.5, 0.6) is 11.5 Å². The standard InChI is InChI=1S/C25H18N2O4/c28-24(18-10-9-16-5-1-2-6-17(16)13-18)27-21-8-4-3-7-20(21)25(29)26-19-11-12-22-23(14-19)31-15-30-22/h1-14H,15H2,(H,26,29)(H,27,28). The molecule has 0 aliphatic carbocycles. The van der Waals surface area contributed by atoms with Crippen molar-refractivity contribution in [3.63, 3.8) is 0 Å². The zero-order valence-electron chi connectivity index (χ0n) is 16.4. The van der Waals surface area contributed by atoms with E-state index in [0.717, 1.165) is 10.8 Å². The van der Waals surface area contributed by atoms with Crippen LogP contribution < -0.4 is 20.1 Å². The van der Waals surface area contributed by atoms with Crippen LogP contribution in [0.1, 0.15) is 20.7 Å². The Morgan fingerprint density at radius 3 is 2.35 bits per heavy atom. The SMILES string of the molecule is O=C(Nc1ccccc1C(=O)Nc1ccc2c(c1)OCO2)c1ccc2ccccc2c1.